The van der Waals surface area contributed by atoms with E-state index >= 15 is 0 Å². The predicted octanol–water partition coefficient (Wildman–Crippen LogP) is 4.30. The lowest BCUT2D eigenvalue weighted by Crippen LogP contribution is -2.03. The normalized spacial score (nSPS) is 11.9. The highest BCUT2D eigenvalue weighted by atomic mass is 16.5. The maximum Gasteiger partial charge on any atom is 0.127 e. The summed E-state index contributed by atoms with van der Waals surface area (Å²) in [6.07, 6.45) is 0.954. The first-order chi connectivity index (χ1) is 11.4. The second-order valence-electron chi connectivity index (χ2n) is 5.73. The monoisotopic (exact) mass is 302 g/mol. The van der Waals surface area contributed by atoms with Gasteiger partial charge in [0, 0.05) is 5.56 Å². The van der Waals surface area contributed by atoms with Crippen molar-refractivity contribution in [3.8, 4) is 28.0 Å². The largest absolute Gasteiger partial charge is 0.491 e. The van der Waals surface area contributed by atoms with Gasteiger partial charge in [0.15, 0.2) is 0 Å². The number of hydrogen-bond donors (Lipinski definition) is 1. The van der Waals surface area contributed by atoms with Gasteiger partial charge in [0.25, 0.3) is 0 Å². The number of aliphatic hydroxyl groups is 1. The molecule has 3 aromatic carbocycles. The third-order valence-electron chi connectivity index (χ3n) is 4.38. The molecule has 0 aliphatic heterocycles. The zero-order valence-electron chi connectivity index (χ0n) is 12.8. The number of fused-ring (bicyclic) bond motifs is 3. The average molecular weight is 302 g/mol. The molecule has 0 amide bonds. The Kier molecular flexibility index (Phi) is 3.60. The van der Waals surface area contributed by atoms with Crippen molar-refractivity contribution < 1.29 is 9.84 Å². The minimum Gasteiger partial charge on any atom is -0.491 e. The number of rotatable bonds is 4. The van der Waals surface area contributed by atoms with Crippen molar-refractivity contribution in [3.05, 3.63) is 77.9 Å². The predicted molar refractivity (Wildman–Crippen MR) is 92.7 cm³/mol. The van der Waals surface area contributed by atoms with Crippen LogP contribution in [0.5, 0.6) is 5.75 Å². The van der Waals surface area contributed by atoms with Gasteiger partial charge in [-0.2, -0.15) is 0 Å². The van der Waals surface area contributed by atoms with Crippen LogP contribution in [0.15, 0.2) is 66.7 Å². The molecular weight excluding hydrogens is 284 g/mol. The molecule has 0 aromatic heterocycles. The highest BCUT2D eigenvalue weighted by Gasteiger charge is 2.22. The van der Waals surface area contributed by atoms with E-state index in [2.05, 4.69) is 48.5 Å². The molecule has 3 aromatic rings. The summed E-state index contributed by atoms with van der Waals surface area (Å²) in [7, 11) is 0. The maximum atomic E-state index is 9.04. The quantitative estimate of drug-likeness (QED) is 0.609. The van der Waals surface area contributed by atoms with Crippen LogP contribution >= 0.6 is 0 Å². The lowest BCUT2D eigenvalue weighted by molar-refractivity contribution is 0.202. The van der Waals surface area contributed by atoms with E-state index in [1.807, 2.05) is 18.2 Å². The molecule has 1 aliphatic carbocycles. The molecule has 0 unspecified atom stereocenters. The van der Waals surface area contributed by atoms with Gasteiger partial charge in [0.2, 0.25) is 0 Å². The fourth-order valence-electron chi connectivity index (χ4n) is 3.38. The van der Waals surface area contributed by atoms with Crippen LogP contribution in [0, 0.1) is 0 Å². The Hall–Kier alpha value is -2.58. The summed E-state index contributed by atoms with van der Waals surface area (Å²) in [6, 6.07) is 23.1. The van der Waals surface area contributed by atoms with Crippen molar-refractivity contribution in [2.75, 3.05) is 13.2 Å². The van der Waals surface area contributed by atoms with Crippen LogP contribution in [0.25, 0.3) is 22.3 Å². The third kappa shape index (κ3) is 2.41. The minimum absolute atomic E-state index is 0.0205. The molecule has 0 radical (unpaired) electrons. The van der Waals surface area contributed by atoms with Gasteiger partial charge in [-0.15, -0.1) is 0 Å². The van der Waals surface area contributed by atoms with Crippen LogP contribution in [0.1, 0.15) is 11.1 Å². The molecule has 0 spiro atoms. The smallest absolute Gasteiger partial charge is 0.127 e. The molecule has 114 valence electrons. The lowest BCUT2D eigenvalue weighted by Gasteiger charge is -2.14. The van der Waals surface area contributed by atoms with Crippen LogP contribution in [0.3, 0.4) is 0 Å². The van der Waals surface area contributed by atoms with E-state index in [9.17, 15) is 0 Å². The molecule has 23 heavy (non-hydrogen) atoms. The van der Waals surface area contributed by atoms with Crippen molar-refractivity contribution >= 4 is 0 Å². The summed E-state index contributed by atoms with van der Waals surface area (Å²) in [5.74, 6) is 0.825. The second kappa shape index (κ2) is 5.90. The molecule has 0 heterocycles. The molecule has 0 saturated heterocycles. The van der Waals surface area contributed by atoms with E-state index in [-0.39, 0.29) is 6.61 Å². The molecule has 0 bridgehead atoms. The molecule has 1 N–H and O–H groups in total. The standard InChI is InChI=1S/C21H18O2/c22-12-13-23-21-11-4-3-8-19(21)18-10-5-9-17-16-7-2-1-6-15(16)14-20(17)18/h1-11,22H,12-14H2. The van der Waals surface area contributed by atoms with E-state index < -0.39 is 0 Å². The topological polar surface area (TPSA) is 29.5 Å². The van der Waals surface area contributed by atoms with E-state index in [1.54, 1.807) is 0 Å². The number of benzene rings is 3. The summed E-state index contributed by atoms with van der Waals surface area (Å²) in [5.41, 5.74) is 7.68. The van der Waals surface area contributed by atoms with Crippen molar-refractivity contribution in [1.82, 2.24) is 0 Å². The average Bonchev–Trinajstić information content (AvgIpc) is 2.99. The van der Waals surface area contributed by atoms with Gasteiger partial charge in [-0.25, -0.2) is 0 Å². The highest BCUT2D eigenvalue weighted by Crippen LogP contribution is 2.43. The van der Waals surface area contributed by atoms with Gasteiger partial charge in [-0.05, 0) is 40.3 Å². The zero-order valence-corrected chi connectivity index (χ0v) is 12.8. The van der Waals surface area contributed by atoms with Crippen LogP contribution in [-0.2, 0) is 6.42 Å². The molecule has 1 aliphatic rings. The summed E-state index contributed by atoms with van der Waals surface area (Å²) in [5, 5.41) is 9.04. The third-order valence-corrected chi connectivity index (χ3v) is 4.38. The van der Waals surface area contributed by atoms with Gasteiger partial charge in [-0.1, -0.05) is 60.7 Å². The Labute approximate surface area is 136 Å². The van der Waals surface area contributed by atoms with Gasteiger partial charge < -0.3 is 9.84 Å². The zero-order chi connectivity index (χ0) is 15.6. The summed E-state index contributed by atoms with van der Waals surface area (Å²) < 4.78 is 5.73. The molecule has 2 heteroatoms. The highest BCUT2D eigenvalue weighted by molar-refractivity contribution is 5.86. The first kappa shape index (κ1) is 14.0. The summed E-state index contributed by atoms with van der Waals surface area (Å²) in [6.45, 7) is 0.332. The number of aliphatic hydroxyl groups excluding tert-OH is 1. The van der Waals surface area contributed by atoms with Gasteiger partial charge in [-0.3, -0.25) is 0 Å². The number of hydrogen-bond acceptors (Lipinski definition) is 2. The lowest BCUT2D eigenvalue weighted by atomic mass is 9.95. The van der Waals surface area contributed by atoms with E-state index in [0.717, 1.165) is 17.7 Å². The minimum atomic E-state index is 0.0205. The van der Waals surface area contributed by atoms with Crippen LogP contribution in [-0.4, -0.2) is 18.3 Å². The van der Waals surface area contributed by atoms with Gasteiger partial charge in [0.05, 0.1) is 6.61 Å². The Bertz CT molecular complexity index is 852. The molecular formula is C21H18O2. The molecule has 0 atom stereocenters. The second-order valence-corrected chi connectivity index (χ2v) is 5.73. The van der Waals surface area contributed by atoms with E-state index in [4.69, 9.17) is 9.84 Å². The molecule has 0 saturated carbocycles. The Morgan fingerprint density at radius 2 is 1.39 bits per heavy atom. The Morgan fingerprint density at radius 1 is 0.739 bits per heavy atom. The molecule has 0 fully saturated rings. The molecule has 4 rings (SSSR count). The van der Waals surface area contributed by atoms with Crippen molar-refractivity contribution in [2.45, 2.75) is 6.42 Å². The fourth-order valence-corrected chi connectivity index (χ4v) is 3.38. The van der Waals surface area contributed by atoms with Crippen molar-refractivity contribution in [2.24, 2.45) is 0 Å². The summed E-state index contributed by atoms with van der Waals surface area (Å²) >= 11 is 0. The van der Waals surface area contributed by atoms with Crippen LogP contribution in [0.4, 0.5) is 0 Å². The van der Waals surface area contributed by atoms with E-state index in [1.165, 1.54) is 27.8 Å². The Balaban J connectivity index is 1.84. The molecule has 2 nitrogen and oxygen atoms in total. The number of ether oxygens (including phenoxy) is 1. The SMILES string of the molecule is OCCOc1ccccc1-c1cccc2c1Cc1ccccc1-2. The fraction of sp³-hybridized carbons (Fsp3) is 0.143. The van der Waals surface area contributed by atoms with Crippen LogP contribution < -0.4 is 4.74 Å². The number of para-hydroxylation sites is 1. The van der Waals surface area contributed by atoms with Gasteiger partial charge in [0.1, 0.15) is 12.4 Å². The summed E-state index contributed by atoms with van der Waals surface area (Å²) in [4.78, 5) is 0. The van der Waals surface area contributed by atoms with Gasteiger partial charge >= 0.3 is 0 Å². The maximum absolute atomic E-state index is 9.04. The van der Waals surface area contributed by atoms with Crippen LogP contribution in [0.2, 0.25) is 0 Å². The van der Waals surface area contributed by atoms with Crippen molar-refractivity contribution in [3.63, 3.8) is 0 Å². The van der Waals surface area contributed by atoms with Crippen molar-refractivity contribution in [1.29, 1.82) is 0 Å². The van der Waals surface area contributed by atoms with E-state index in [0.29, 0.717) is 6.61 Å². The first-order valence-corrected chi connectivity index (χ1v) is 7.91. The Morgan fingerprint density at radius 3 is 2.22 bits per heavy atom. The first-order valence-electron chi connectivity index (χ1n) is 7.91.